The van der Waals surface area contributed by atoms with E-state index >= 15 is 0 Å². The molecule has 0 fully saturated rings. The van der Waals surface area contributed by atoms with Crippen molar-refractivity contribution in [3.63, 3.8) is 0 Å². The number of amides is 1. The zero-order valence-corrected chi connectivity index (χ0v) is 13.0. The van der Waals surface area contributed by atoms with E-state index < -0.39 is 35.3 Å². The lowest BCUT2D eigenvalue weighted by molar-refractivity contribution is -0.135. The van der Waals surface area contributed by atoms with Gasteiger partial charge in [0.25, 0.3) is 11.5 Å². The molecule has 24 heavy (non-hydrogen) atoms. The number of halogens is 1. The molecule has 1 aromatic carbocycles. The molecule has 0 spiro atoms. The van der Waals surface area contributed by atoms with Crippen LogP contribution in [0.15, 0.2) is 29.6 Å². The van der Waals surface area contributed by atoms with Gasteiger partial charge in [-0.3, -0.25) is 14.4 Å². The lowest BCUT2D eigenvalue weighted by atomic mass is 10.1. The number of carboxylic acids is 1. The van der Waals surface area contributed by atoms with Gasteiger partial charge in [0, 0.05) is 5.39 Å². The molecule has 1 heterocycles. The summed E-state index contributed by atoms with van der Waals surface area (Å²) in [6.07, 6.45) is 1.47. The van der Waals surface area contributed by atoms with Gasteiger partial charge in [-0.25, -0.2) is 0 Å². The number of pyridine rings is 1. The van der Waals surface area contributed by atoms with E-state index in [-0.39, 0.29) is 28.3 Å². The minimum Gasteiger partial charge on any atom is -0.506 e. The molecule has 9 heteroatoms. The number of hydrogen-bond donors (Lipinski definition) is 4. The fraction of sp³-hybridized carbons (Fsp3) is 0.133. The van der Waals surface area contributed by atoms with Gasteiger partial charge >= 0.3 is 5.97 Å². The number of nitrogens with one attached hydrogen (secondary N) is 2. The van der Waals surface area contributed by atoms with Crippen LogP contribution in [0.4, 0.5) is 0 Å². The topological polar surface area (TPSA) is 129 Å². The van der Waals surface area contributed by atoms with E-state index in [4.69, 9.17) is 21.4 Å². The number of ether oxygens (including phenoxy) is 1. The van der Waals surface area contributed by atoms with E-state index in [0.29, 0.717) is 0 Å². The van der Waals surface area contributed by atoms with Crippen molar-refractivity contribution in [2.75, 3.05) is 13.2 Å². The average Bonchev–Trinajstić information content (AvgIpc) is 2.52. The molecule has 0 radical (unpaired) electrons. The number of carboxylic acid groups (broad SMARTS) is 1. The monoisotopic (exact) mass is 352 g/mol. The van der Waals surface area contributed by atoms with E-state index in [1.165, 1.54) is 18.2 Å². The van der Waals surface area contributed by atoms with Gasteiger partial charge < -0.3 is 25.3 Å². The highest BCUT2D eigenvalue weighted by Gasteiger charge is 2.22. The molecule has 0 unspecified atom stereocenters. The van der Waals surface area contributed by atoms with E-state index in [0.717, 1.165) is 0 Å². The summed E-state index contributed by atoms with van der Waals surface area (Å²) in [5.74, 6) is -2.77. The van der Waals surface area contributed by atoms with E-state index in [1.807, 2.05) is 5.32 Å². The third kappa shape index (κ3) is 3.33. The summed E-state index contributed by atoms with van der Waals surface area (Å²) in [6.45, 7) is 2.93. The minimum atomic E-state index is -1.29. The predicted molar refractivity (Wildman–Crippen MR) is 86.9 cm³/mol. The summed E-state index contributed by atoms with van der Waals surface area (Å²) in [6, 6.07) is 2.83. The molecule has 2 rings (SSSR count). The van der Waals surface area contributed by atoms with Crippen molar-refractivity contribution in [3.8, 4) is 11.5 Å². The molecule has 8 nitrogen and oxygen atoms in total. The van der Waals surface area contributed by atoms with Gasteiger partial charge in [-0.15, -0.1) is 0 Å². The minimum absolute atomic E-state index is 0.113. The molecule has 0 atom stereocenters. The molecule has 2 aromatic rings. The summed E-state index contributed by atoms with van der Waals surface area (Å²) in [7, 11) is 0. The number of aromatic amines is 1. The highest BCUT2D eigenvalue weighted by molar-refractivity contribution is 6.33. The summed E-state index contributed by atoms with van der Waals surface area (Å²) < 4.78 is 5.38. The van der Waals surface area contributed by atoms with Gasteiger partial charge in [0.2, 0.25) is 0 Å². The second-order valence-electron chi connectivity index (χ2n) is 4.65. The van der Waals surface area contributed by atoms with Crippen LogP contribution in [0.5, 0.6) is 11.5 Å². The third-order valence-corrected chi connectivity index (χ3v) is 3.34. The molecule has 0 aliphatic heterocycles. The van der Waals surface area contributed by atoms with Crippen molar-refractivity contribution in [3.05, 3.63) is 45.7 Å². The van der Waals surface area contributed by atoms with Crippen LogP contribution in [0.25, 0.3) is 10.9 Å². The van der Waals surface area contributed by atoms with Crippen LogP contribution in [0.1, 0.15) is 10.4 Å². The van der Waals surface area contributed by atoms with Crippen molar-refractivity contribution in [1.82, 2.24) is 10.3 Å². The highest BCUT2D eigenvalue weighted by atomic mass is 35.5. The number of hydrogen-bond acceptors (Lipinski definition) is 5. The van der Waals surface area contributed by atoms with Crippen LogP contribution >= 0.6 is 11.6 Å². The van der Waals surface area contributed by atoms with Gasteiger partial charge in [-0.2, -0.15) is 0 Å². The first kappa shape index (κ1) is 17.4. The van der Waals surface area contributed by atoms with Crippen molar-refractivity contribution >= 4 is 34.4 Å². The molecular weight excluding hydrogens is 340 g/mol. The second kappa shape index (κ2) is 7.05. The molecule has 0 aliphatic rings. The van der Waals surface area contributed by atoms with Crippen LogP contribution < -0.4 is 15.6 Å². The van der Waals surface area contributed by atoms with Gasteiger partial charge in [-0.05, 0) is 12.1 Å². The summed E-state index contributed by atoms with van der Waals surface area (Å²) in [5, 5.41) is 21.2. The van der Waals surface area contributed by atoms with Crippen LogP contribution in [0, 0.1) is 0 Å². The zero-order chi connectivity index (χ0) is 17.9. The maximum Gasteiger partial charge on any atom is 0.322 e. The first-order valence-electron chi connectivity index (χ1n) is 6.68. The number of rotatable bonds is 6. The molecular formula is C15H13ClN2O6. The van der Waals surface area contributed by atoms with E-state index in [2.05, 4.69) is 11.6 Å². The Hall–Kier alpha value is -3.00. The van der Waals surface area contributed by atoms with Crippen LogP contribution in [0.3, 0.4) is 0 Å². The van der Waals surface area contributed by atoms with Gasteiger partial charge in [-0.1, -0.05) is 24.3 Å². The van der Waals surface area contributed by atoms with E-state index in [9.17, 15) is 19.5 Å². The lowest BCUT2D eigenvalue weighted by Crippen LogP contribution is -2.33. The zero-order valence-electron chi connectivity index (χ0n) is 12.3. The largest absolute Gasteiger partial charge is 0.506 e. The Bertz CT molecular complexity index is 890. The van der Waals surface area contributed by atoms with E-state index in [1.54, 1.807) is 0 Å². The van der Waals surface area contributed by atoms with Crippen LogP contribution in [-0.4, -0.2) is 40.2 Å². The average molecular weight is 353 g/mol. The number of fused-ring (bicyclic) bond motifs is 1. The Morgan fingerprint density at radius 3 is 2.75 bits per heavy atom. The quantitative estimate of drug-likeness (QED) is 0.579. The Labute approximate surface area is 140 Å². The lowest BCUT2D eigenvalue weighted by Gasteiger charge is -2.12. The van der Waals surface area contributed by atoms with Crippen molar-refractivity contribution in [1.29, 1.82) is 0 Å². The Balaban J connectivity index is 2.60. The van der Waals surface area contributed by atoms with Crippen LogP contribution in [-0.2, 0) is 4.79 Å². The summed E-state index contributed by atoms with van der Waals surface area (Å²) >= 11 is 6.02. The molecule has 0 saturated heterocycles. The standard InChI is InChI=1S/C15H13ClN2O6/c1-2-5-24-13-8(16)4-3-7-11(13)18-15(23)10(12(7)21)14(22)17-6-9(19)20/h2-4H,1,5-6H2,(H,17,22)(H,19,20)(H2,18,21,23). The fourth-order valence-electron chi connectivity index (χ4n) is 2.04. The Morgan fingerprint density at radius 1 is 1.42 bits per heavy atom. The second-order valence-corrected chi connectivity index (χ2v) is 5.06. The maximum absolute atomic E-state index is 12.1. The number of benzene rings is 1. The maximum atomic E-state index is 12.1. The fourth-order valence-corrected chi connectivity index (χ4v) is 2.25. The number of H-pyrrole nitrogens is 1. The number of aromatic hydroxyl groups is 1. The smallest absolute Gasteiger partial charge is 0.322 e. The Morgan fingerprint density at radius 2 is 2.12 bits per heavy atom. The van der Waals surface area contributed by atoms with Crippen molar-refractivity contribution < 1.29 is 24.5 Å². The SMILES string of the molecule is C=CCOc1c(Cl)ccc2c(O)c(C(=O)NCC(=O)O)c(=O)[nH]c12. The van der Waals surface area contributed by atoms with Gasteiger partial charge in [0.15, 0.2) is 5.75 Å². The molecule has 0 aliphatic carbocycles. The number of carbonyl (C=O) groups is 2. The van der Waals surface area contributed by atoms with Crippen LogP contribution in [0.2, 0.25) is 5.02 Å². The third-order valence-electron chi connectivity index (χ3n) is 3.04. The molecule has 126 valence electrons. The van der Waals surface area contributed by atoms with Crippen molar-refractivity contribution in [2.45, 2.75) is 0 Å². The van der Waals surface area contributed by atoms with Gasteiger partial charge in [0.05, 0.1) is 10.5 Å². The molecule has 0 bridgehead atoms. The molecule has 1 aromatic heterocycles. The summed E-state index contributed by atoms with van der Waals surface area (Å²) in [5.41, 5.74) is -1.39. The predicted octanol–water partition coefficient (Wildman–Crippen LogP) is 1.27. The summed E-state index contributed by atoms with van der Waals surface area (Å²) in [4.78, 5) is 37.0. The number of aliphatic carboxylic acids is 1. The first-order valence-corrected chi connectivity index (χ1v) is 7.05. The van der Waals surface area contributed by atoms with Gasteiger partial charge in [0.1, 0.15) is 24.5 Å². The van der Waals surface area contributed by atoms with Crippen molar-refractivity contribution in [2.24, 2.45) is 0 Å². The first-order chi connectivity index (χ1) is 11.4. The number of aromatic nitrogens is 1. The Kier molecular flexibility index (Phi) is 5.10. The normalized spacial score (nSPS) is 10.4. The number of carbonyl (C=O) groups excluding carboxylic acids is 1. The molecule has 1 amide bonds. The highest BCUT2D eigenvalue weighted by Crippen LogP contribution is 2.36. The molecule has 4 N–H and O–H groups in total. The molecule has 0 saturated carbocycles.